The molecule has 0 saturated carbocycles. The van der Waals surface area contributed by atoms with Gasteiger partial charge in [-0.05, 0) is 29.3 Å². The maximum atomic E-state index is 12.4. The molecular weight excluding hydrogens is 344 g/mol. The highest BCUT2D eigenvalue weighted by Crippen LogP contribution is 2.26. The maximum absolute atomic E-state index is 12.4. The van der Waals surface area contributed by atoms with Crippen LogP contribution in [0.3, 0.4) is 0 Å². The van der Waals surface area contributed by atoms with E-state index in [1.165, 1.54) is 11.1 Å². The highest BCUT2D eigenvalue weighted by Gasteiger charge is 2.21. The lowest BCUT2D eigenvalue weighted by molar-refractivity contribution is -0.130. The second-order valence-electron chi connectivity index (χ2n) is 6.80. The zero-order valence-corrected chi connectivity index (χ0v) is 15.7. The van der Waals surface area contributed by atoms with E-state index in [1.807, 2.05) is 23.1 Å². The molecule has 0 aromatic heterocycles. The molecule has 0 N–H and O–H groups in total. The van der Waals surface area contributed by atoms with Crippen LogP contribution in [0.4, 0.5) is 0 Å². The van der Waals surface area contributed by atoms with Crippen molar-refractivity contribution in [1.82, 2.24) is 9.80 Å². The molecule has 2 aliphatic rings. The Labute approximate surface area is 159 Å². The standard InChI is InChI=1S/C21H24N2O2S/c24-21(16-26-19-4-2-1-3-5-19)23-11-9-22(10-12-23)15-17-6-7-20-18(14-17)8-13-25-20/h1-7,14H,8-13,15-16H2. The maximum Gasteiger partial charge on any atom is 0.233 e. The van der Waals surface area contributed by atoms with Gasteiger partial charge in [0.2, 0.25) is 5.91 Å². The second-order valence-corrected chi connectivity index (χ2v) is 7.85. The van der Waals surface area contributed by atoms with Crippen molar-refractivity contribution in [3.8, 4) is 5.75 Å². The summed E-state index contributed by atoms with van der Waals surface area (Å²) in [6.45, 7) is 5.28. The summed E-state index contributed by atoms with van der Waals surface area (Å²) in [5, 5.41) is 0. The molecule has 0 atom stereocenters. The van der Waals surface area contributed by atoms with E-state index in [4.69, 9.17) is 4.74 Å². The lowest BCUT2D eigenvalue weighted by Gasteiger charge is -2.34. The van der Waals surface area contributed by atoms with Crippen LogP contribution in [0.2, 0.25) is 0 Å². The summed E-state index contributed by atoms with van der Waals surface area (Å²) < 4.78 is 5.58. The van der Waals surface area contributed by atoms with Gasteiger partial charge in [-0.2, -0.15) is 0 Å². The molecule has 136 valence electrons. The van der Waals surface area contributed by atoms with Gasteiger partial charge in [0.05, 0.1) is 12.4 Å². The predicted molar refractivity (Wildman–Crippen MR) is 105 cm³/mol. The van der Waals surface area contributed by atoms with Crippen LogP contribution in [0.25, 0.3) is 0 Å². The first-order valence-corrected chi connectivity index (χ1v) is 10.2. The molecule has 1 fully saturated rings. The third-order valence-electron chi connectivity index (χ3n) is 4.99. The minimum Gasteiger partial charge on any atom is -0.493 e. The molecule has 4 nitrogen and oxygen atoms in total. The van der Waals surface area contributed by atoms with Crippen molar-refractivity contribution in [2.75, 3.05) is 38.5 Å². The van der Waals surface area contributed by atoms with E-state index in [-0.39, 0.29) is 5.91 Å². The number of hydrogen-bond donors (Lipinski definition) is 0. The fraction of sp³-hybridized carbons (Fsp3) is 0.381. The number of hydrogen-bond acceptors (Lipinski definition) is 4. The van der Waals surface area contributed by atoms with Gasteiger partial charge in [0.1, 0.15) is 5.75 Å². The zero-order valence-electron chi connectivity index (χ0n) is 14.9. The molecule has 0 unspecified atom stereocenters. The van der Waals surface area contributed by atoms with Crippen LogP contribution in [-0.4, -0.2) is 54.2 Å². The fourth-order valence-corrected chi connectivity index (χ4v) is 4.33. The molecule has 2 aliphatic heterocycles. The SMILES string of the molecule is O=C(CSc1ccccc1)N1CCN(Cc2ccc3c(c2)CCO3)CC1. The van der Waals surface area contributed by atoms with Crippen LogP contribution in [0.5, 0.6) is 5.75 Å². The van der Waals surface area contributed by atoms with Gasteiger partial charge in [-0.25, -0.2) is 0 Å². The van der Waals surface area contributed by atoms with Crippen LogP contribution in [-0.2, 0) is 17.8 Å². The summed E-state index contributed by atoms with van der Waals surface area (Å²) in [6, 6.07) is 16.7. The number of carbonyl (C=O) groups excluding carboxylic acids is 1. The zero-order chi connectivity index (χ0) is 17.8. The molecule has 5 heteroatoms. The predicted octanol–water partition coefficient (Wildman–Crippen LogP) is 3.06. The molecule has 0 radical (unpaired) electrons. The molecular formula is C21H24N2O2S. The first kappa shape index (κ1) is 17.4. The van der Waals surface area contributed by atoms with E-state index < -0.39 is 0 Å². The normalized spacial score (nSPS) is 17.0. The van der Waals surface area contributed by atoms with Gasteiger partial charge >= 0.3 is 0 Å². The molecule has 1 saturated heterocycles. The average Bonchev–Trinajstić information content (AvgIpc) is 3.15. The summed E-state index contributed by atoms with van der Waals surface area (Å²) in [7, 11) is 0. The van der Waals surface area contributed by atoms with Crippen molar-refractivity contribution in [3.05, 3.63) is 59.7 Å². The van der Waals surface area contributed by atoms with Crippen molar-refractivity contribution in [2.24, 2.45) is 0 Å². The molecule has 0 bridgehead atoms. The first-order chi connectivity index (χ1) is 12.8. The summed E-state index contributed by atoms with van der Waals surface area (Å²) in [5.41, 5.74) is 2.67. The van der Waals surface area contributed by atoms with Crippen LogP contribution in [0, 0.1) is 0 Å². The van der Waals surface area contributed by atoms with Crippen molar-refractivity contribution in [1.29, 1.82) is 0 Å². The number of carbonyl (C=O) groups is 1. The summed E-state index contributed by atoms with van der Waals surface area (Å²) in [5.74, 6) is 1.81. The van der Waals surface area contributed by atoms with Crippen LogP contribution >= 0.6 is 11.8 Å². The van der Waals surface area contributed by atoms with Crippen molar-refractivity contribution < 1.29 is 9.53 Å². The second kappa shape index (κ2) is 8.14. The van der Waals surface area contributed by atoms with Crippen molar-refractivity contribution >= 4 is 17.7 Å². The van der Waals surface area contributed by atoms with Crippen LogP contribution in [0.1, 0.15) is 11.1 Å². The van der Waals surface area contributed by atoms with Crippen molar-refractivity contribution in [2.45, 2.75) is 17.9 Å². The summed E-state index contributed by atoms with van der Waals surface area (Å²) >= 11 is 1.62. The van der Waals surface area contributed by atoms with Gasteiger partial charge in [-0.1, -0.05) is 30.3 Å². The number of benzene rings is 2. The van der Waals surface area contributed by atoms with Crippen molar-refractivity contribution in [3.63, 3.8) is 0 Å². The van der Waals surface area contributed by atoms with E-state index in [1.54, 1.807) is 11.8 Å². The lowest BCUT2D eigenvalue weighted by atomic mass is 10.1. The number of thioether (sulfide) groups is 1. The van der Waals surface area contributed by atoms with Gasteiger partial charge in [0.25, 0.3) is 0 Å². The van der Waals surface area contributed by atoms with E-state index >= 15 is 0 Å². The molecule has 4 rings (SSSR count). The average molecular weight is 369 g/mol. The molecule has 26 heavy (non-hydrogen) atoms. The van der Waals surface area contributed by atoms with Gasteiger partial charge in [-0.15, -0.1) is 11.8 Å². The van der Waals surface area contributed by atoms with Crippen LogP contribution in [0.15, 0.2) is 53.4 Å². The fourth-order valence-electron chi connectivity index (χ4n) is 3.50. The molecule has 0 aliphatic carbocycles. The summed E-state index contributed by atoms with van der Waals surface area (Å²) in [4.78, 5) is 18.0. The van der Waals surface area contributed by atoms with E-state index in [0.29, 0.717) is 5.75 Å². The number of fused-ring (bicyclic) bond motifs is 1. The highest BCUT2D eigenvalue weighted by molar-refractivity contribution is 8.00. The van der Waals surface area contributed by atoms with Gasteiger partial charge in [0, 0.05) is 44.0 Å². The Kier molecular flexibility index (Phi) is 5.46. The topological polar surface area (TPSA) is 32.8 Å². The third kappa shape index (κ3) is 4.22. The Hall–Kier alpha value is -1.98. The van der Waals surface area contributed by atoms with Gasteiger partial charge in [-0.3, -0.25) is 9.69 Å². The lowest BCUT2D eigenvalue weighted by Crippen LogP contribution is -2.48. The molecule has 2 aromatic carbocycles. The highest BCUT2D eigenvalue weighted by atomic mass is 32.2. The Balaban J connectivity index is 1.24. The number of amides is 1. The smallest absolute Gasteiger partial charge is 0.233 e. The Morgan fingerprint density at radius 1 is 1.04 bits per heavy atom. The minimum atomic E-state index is 0.244. The molecule has 2 heterocycles. The largest absolute Gasteiger partial charge is 0.493 e. The minimum absolute atomic E-state index is 0.244. The van der Waals surface area contributed by atoms with E-state index in [0.717, 1.165) is 56.4 Å². The third-order valence-corrected chi connectivity index (χ3v) is 5.99. The number of nitrogens with zero attached hydrogens (tertiary/aromatic N) is 2. The Morgan fingerprint density at radius 2 is 1.85 bits per heavy atom. The van der Waals surface area contributed by atoms with Gasteiger partial charge < -0.3 is 9.64 Å². The Bertz CT molecular complexity index is 758. The molecule has 2 aromatic rings. The number of piperazine rings is 1. The summed E-state index contributed by atoms with van der Waals surface area (Å²) in [6.07, 6.45) is 1.02. The number of rotatable bonds is 5. The van der Waals surface area contributed by atoms with E-state index in [2.05, 4.69) is 35.2 Å². The van der Waals surface area contributed by atoms with Crippen LogP contribution < -0.4 is 4.74 Å². The van der Waals surface area contributed by atoms with E-state index in [9.17, 15) is 4.79 Å². The molecule has 1 amide bonds. The quantitative estimate of drug-likeness (QED) is 0.760. The molecule has 0 spiro atoms. The Morgan fingerprint density at radius 3 is 2.65 bits per heavy atom. The first-order valence-electron chi connectivity index (χ1n) is 9.20. The number of ether oxygens (including phenoxy) is 1. The monoisotopic (exact) mass is 368 g/mol. The van der Waals surface area contributed by atoms with Gasteiger partial charge in [0.15, 0.2) is 0 Å².